The SMILES string of the molecule is CC1(c2ccccc2)c2ccccc2-c2cccc(N(c3ccc(-c4ccc5ccccc5c4)cc3)c3ccc(-c4ccc5c(c4)c(-c4ccccc4)c(-c4ccccc4)c4ccccc45)cc3)c21. The number of hydrogen-bond acceptors (Lipinski definition) is 1. The van der Waals surface area contributed by atoms with E-state index in [0.29, 0.717) is 0 Å². The first-order chi connectivity index (χ1) is 34.1. The van der Waals surface area contributed by atoms with E-state index < -0.39 is 5.41 Å². The monoisotopic (exact) mass is 877 g/mol. The van der Waals surface area contributed by atoms with Crippen molar-refractivity contribution in [2.75, 3.05) is 4.90 Å². The Morgan fingerprint density at radius 3 is 1.48 bits per heavy atom. The average molecular weight is 878 g/mol. The van der Waals surface area contributed by atoms with Gasteiger partial charge in [-0.1, -0.05) is 224 Å². The lowest BCUT2D eigenvalue weighted by Crippen LogP contribution is -2.25. The average Bonchev–Trinajstić information content (AvgIpc) is 3.70. The second kappa shape index (κ2) is 16.5. The molecule has 0 fully saturated rings. The summed E-state index contributed by atoms with van der Waals surface area (Å²) in [6.45, 7) is 2.41. The topological polar surface area (TPSA) is 3.24 Å². The fraction of sp³-hybridized carbons (Fsp3) is 0.0294. The van der Waals surface area contributed by atoms with Crippen LogP contribution in [0.15, 0.2) is 267 Å². The van der Waals surface area contributed by atoms with Crippen LogP contribution in [0.25, 0.3) is 88.0 Å². The molecule has 0 bridgehead atoms. The Bertz CT molecular complexity index is 3870. The summed E-state index contributed by atoms with van der Waals surface area (Å²) in [5, 5.41) is 7.51. The maximum absolute atomic E-state index is 2.48. The standard InChI is InChI=1S/C68H47N/c1-68(54-24-9-4-10-25-54)63-30-16-15-27-59(63)61-29-17-31-64(67(61)68)69(55-39-34-47(35-40-55)52-33-32-46-18-11-12-23-51(46)44-52)56-41-36-48(37-42-56)53-38-43-58-57-26-13-14-28-60(57)65(49-19-5-2-6-20-49)66(62(58)45-53)50-21-7-3-8-22-50/h2-45H,1H3. The summed E-state index contributed by atoms with van der Waals surface area (Å²) in [6.07, 6.45) is 0. The van der Waals surface area contributed by atoms with Crippen LogP contribution in [0, 0.1) is 0 Å². The quantitative estimate of drug-likeness (QED) is 0.138. The highest BCUT2D eigenvalue weighted by atomic mass is 15.1. The Hall–Kier alpha value is -8.78. The van der Waals surface area contributed by atoms with Gasteiger partial charge in [0.15, 0.2) is 0 Å². The molecule has 0 spiro atoms. The van der Waals surface area contributed by atoms with E-state index in [9.17, 15) is 0 Å². The van der Waals surface area contributed by atoms with Gasteiger partial charge in [0.05, 0.1) is 5.69 Å². The molecular weight excluding hydrogens is 831 g/mol. The predicted octanol–water partition coefficient (Wildman–Crippen LogP) is 18.6. The van der Waals surface area contributed by atoms with Gasteiger partial charge in [-0.3, -0.25) is 0 Å². The van der Waals surface area contributed by atoms with Crippen LogP contribution in [0.4, 0.5) is 17.1 Å². The normalized spacial score (nSPS) is 13.9. The molecule has 0 aromatic heterocycles. The molecule has 1 aliphatic rings. The van der Waals surface area contributed by atoms with Crippen molar-refractivity contribution >= 4 is 49.4 Å². The van der Waals surface area contributed by atoms with Crippen molar-refractivity contribution in [3.63, 3.8) is 0 Å². The minimum Gasteiger partial charge on any atom is -0.310 e. The molecule has 0 aliphatic heterocycles. The molecule has 0 N–H and O–H groups in total. The number of rotatable bonds is 8. The highest BCUT2D eigenvalue weighted by Gasteiger charge is 2.43. The maximum atomic E-state index is 2.48. The van der Waals surface area contributed by atoms with Crippen LogP contribution >= 0.6 is 0 Å². The molecule has 12 aromatic carbocycles. The lowest BCUT2D eigenvalue weighted by molar-refractivity contribution is 0.714. The molecule has 1 aliphatic carbocycles. The van der Waals surface area contributed by atoms with Crippen molar-refractivity contribution in [3.05, 3.63) is 284 Å². The maximum Gasteiger partial charge on any atom is 0.0512 e. The van der Waals surface area contributed by atoms with Gasteiger partial charge in [0.2, 0.25) is 0 Å². The third kappa shape index (κ3) is 6.69. The molecule has 1 heteroatoms. The second-order valence-corrected chi connectivity index (χ2v) is 18.5. The van der Waals surface area contributed by atoms with Crippen LogP contribution < -0.4 is 4.90 Å². The number of fused-ring (bicyclic) bond motifs is 7. The zero-order valence-corrected chi connectivity index (χ0v) is 38.4. The summed E-state index contributed by atoms with van der Waals surface area (Å²) < 4.78 is 0. The zero-order chi connectivity index (χ0) is 45.9. The van der Waals surface area contributed by atoms with Crippen LogP contribution in [-0.2, 0) is 5.41 Å². The van der Waals surface area contributed by atoms with Gasteiger partial charge in [0, 0.05) is 16.8 Å². The summed E-state index contributed by atoms with van der Waals surface area (Å²) >= 11 is 0. The Labute approximate surface area is 403 Å². The fourth-order valence-electron chi connectivity index (χ4n) is 11.4. The van der Waals surface area contributed by atoms with E-state index in [0.717, 1.165) is 11.4 Å². The van der Waals surface area contributed by atoms with E-state index in [1.807, 2.05) is 0 Å². The summed E-state index contributed by atoms with van der Waals surface area (Å²) in [4.78, 5) is 2.48. The largest absolute Gasteiger partial charge is 0.310 e. The van der Waals surface area contributed by atoms with Gasteiger partial charge in [-0.15, -0.1) is 0 Å². The van der Waals surface area contributed by atoms with E-state index in [1.165, 1.54) is 110 Å². The van der Waals surface area contributed by atoms with Gasteiger partial charge in [-0.05, 0) is 154 Å². The van der Waals surface area contributed by atoms with Crippen molar-refractivity contribution in [2.45, 2.75) is 12.3 Å². The first-order valence-electron chi connectivity index (χ1n) is 24.0. The highest BCUT2D eigenvalue weighted by molar-refractivity contribution is 6.22. The predicted molar refractivity (Wildman–Crippen MR) is 293 cm³/mol. The van der Waals surface area contributed by atoms with Crippen LogP contribution in [0.1, 0.15) is 23.6 Å². The molecule has 1 nitrogen and oxygen atoms in total. The smallest absolute Gasteiger partial charge is 0.0512 e. The van der Waals surface area contributed by atoms with E-state index >= 15 is 0 Å². The third-order valence-electron chi connectivity index (χ3n) is 14.7. The number of anilines is 3. The van der Waals surface area contributed by atoms with E-state index in [-0.39, 0.29) is 0 Å². The van der Waals surface area contributed by atoms with E-state index in [2.05, 4.69) is 279 Å². The summed E-state index contributed by atoms with van der Waals surface area (Å²) in [5.74, 6) is 0. The number of hydrogen-bond donors (Lipinski definition) is 0. The van der Waals surface area contributed by atoms with E-state index in [4.69, 9.17) is 0 Å². The Balaban J connectivity index is 0.984. The Kier molecular flexibility index (Phi) is 9.70. The van der Waals surface area contributed by atoms with Crippen molar-refractivity contribution < 1.29 is 0 Å². The minimum absolute atomic E-state index is 0.392. The molecule has 0 saturated heterocycles. The highest BCUT2D eigenvalue weighted by Crippen LogP contribution is 2.57. The molecule has 69 heavy (non-hydrogen) atoms. The molecule has 1 atom stereocenters. The zero-order valence-electron chi connectivity index (χ0n) is 38.4. The summed E-state index contributed by atoms with van der Waals surface area (Å²) in [5.41, 5.74) is 19.1. The first kappa shape index (κ1) is 40.5. The first-order valence-corrected chi connectivity index (χ1v) is 24.0. The molecule has 0 radical (unpaired) electrons. The van der Waals surface area contributed by atoms with Crippen molar-refractivity contribution in [1.29, 1.82) is 0 Å². The van der Waals surface area contributed by atoms with Crippen molar-refractivity contribution in [3.8, 4) is 55.6 Å². The Morgan fingerprint density at radius 2 is 0.797 bits per heavy atom. The second-order valence-electron chi connectivity index (χ2n) is 18.5. The van der Waals surface area contributed by atoms with Crippen LogP contribution in [0.5, 0.6) is 0 Å². The van der Waals surface area contributed by atoms with Gasteiger partial charge in [0.1, 0.15) is 0 Å². The third-order valence-corrected chi connectivity index (χ3v) is 14.7. The molecule has 0 amide bonds. The van der Waals surface area contributed by atoms with Gasteiger partial charge < -0.3 is 4.90 Å². The van der Waals surface area contributed by atoms with Gasteiger partial charge >= 0.3 is 0 Å². The molecule has 324 valence electrons. The van der Waals surface area contributed by atoms with Crippen LogP contribution in [0.2, 0.25) is 0 Å². The van der Waals surface area contributed by atoms with Crippen LogP contribution in [0.3, 0.4) is 0 Å². The summed E-state index contributed by atoms with van der Waals surface area (Å²) in [6, 6.07) is 98.4. The molecule has 12 aromatic rings. The molecule has 13 rings (SSSR count). The molecule has 1 unspecified atom stereocenters. The lowest BCUT2D eigenvalue weighted by atomic mass is 9.73. The van der Waals surface area contributed by atoms with Crippen molar-refractivity contribution in [2.24, 2.45) is 0 Å². The lowest BCUT2D eigenvalue weighted by Gasteiger charge is -2.34. The number of benzene rings is 12. The molecule has 0 saturated carbocycles. The molecule has 0 heterocycles. The van der Waals surface area contributed by atoms with E-state index in [1.54, 1.807) is 0 Å². The minimum atomic E-state index is -0.392. The summed E-state index contributed by atoms with van der Waals surface area (Å²) in [7, 11) is 0. The number of nitrogens with zero attached hydrogens (tertiary/aromatic N) is 1. The molecular formula is C68H47N. The van der Waals surface area contributed by atoms with Crippen LogP contribution in [-0.4, -0.2) is 0 Å². The van der Waals surface area contributed by atoms with Crippen molar-refractivity contribution in [1.82, 2.24) is 0 Å². The van der Waals surface area contributed by atoms with Gasteiger partial charge in [-0.25, -0.2) is 0 Å². The van der Waals surface area contributed by atoms with Gasteiger partial charge in [0.25, 0.3) is 0 Å². The fourth-order valence-corrected chi connectivity index (χ4v) is 11.4. The van der Waals surface area contributed by atoms with Gasteiger partial charge in [-0.2, -0.15) is 0 Å². The Morgan fingerprint density at radius 1 is 0.304 bits per heavy atom.